The zero-order valence-corrected chi connectivity index (χ0v) is 16.3. The maximum atomic E-state index is 12.6. The highest BCUT2D eigenvalue weighted by Crippen LogP contribution is 2.28. The molecule has 6 nitrogen and oxygen atoms in total. The van der Waals surface area contributed by atoms with Gasteiger partial charge in [0.05, 0.1) is 14.2 Å². The van der Waals surface area contributed by atoms with Crippen LogP contribution in [-0.2, 0) is 9.53 Å². The van der Waals surface area contributed by atoms with Crippen LogP contribution in [0.3, 0.4) is 0 Å². The molecule has 2 atom stereocenters. The second-order valence-corrected chi connectivity index (χ2v) is 7.63. The van der Waals surface area contributed by atoms with Gasteiger partial charge in [-0.15, -0.1) is 0 Å². The van der Waals surface area contributed by atoms with E-state index < -0.39 is 0 Å². The minimum atomic E-state index is -0.266. The Labute approximate surface area is 161 Å². The van der Waals surface area contributed by atoms with Gasteiger partial charge in [0.15, 0.2) is 0 Å². The summed E-state index contributed by atoms with van der Waals surface area (Å²) in [7, 11) is 3.03. The molecule has 148 valence electrons. The molecule has 1 aromatic rings. The van der Waals surface area contributed by atoms with E-state index >= 15 is 0 Å². The number of esters is 1. The first-order valence-electron chi connectivity index (χ1n) is 9.87. The van der Waals surface area contributed by atoms with E-state index in [0.717, 1.165) is 12.3 Å². The third kappa shape index (κ3) is 5.01. The summed E-state index contributed by atoms with van der Waals surface area (Å²) < 4.78 is 10.1. The normalized spacial score (nSPS) is 23.8. The fourth-order valence-corrected chi connectivity index (χ4v) is 4.30. The Hall–Kier alpha value is -2.08. The van der Waals surface area contributed by atoms with Crippen molar-refractivity contribution in [1.82, 2.24) is 10.2 Å². The maximum absolute atomic E-state index is 12.6. The molecule has 1 aromatic carbocycles. The third-order valence-electron chi connectivity index (χ3n) is 5.78. The number of hydrogen-bond donors (Lipinski definition) is 1. The average molecular weight is 374 g/mol. The van der Waals surface area contributed by atoms with E-state index in [1.54, 1.807) is 31.4 Å². The number of nitrogens with one attached hydrogen (secondary N) is 1. The molecule has 2 aliphatic rings. The van der Waals surface area contributed by atoms with Crippen LogP contribution in [0.5, 0.6) is 5.75 Å². The minimum absolute atomic E-state index is 0.0488. The van der Waals surface area contributed by atoms with Gasteiger partial charge in [-0.2, -0.15) is 0 Å². The van der Waals surface area contributed by atoms with Crippen LogP contribution >= 0.6 is 0 Å². The van der Waals surface area contributed by atoms with Gasteiger partial charge >= 0.3 is 5.97 Å². The van der Waals surface area contributed by atoms with Gasteiger partial charge in [0.1, 0.15) is 11.8 Å². The molecule has 0 radical (unpaired) electrons. The number of rotatable bonds is 6. The zero-order chi connectivity index (χ0) is 19.2. The van der Waals surface area contributed by atoms with E-state index in [-0.39, 0.29) is 24.0 Å². The number of carbonyl (C=O) groups excluding carboxylic acids is 2. The molecule has 1 saturated heterocycles. The predicted molar refractivity (Wildman–Crippen MR) is 103 cm³/mol. The van der Waals surface area contributed by atoms with Crippen LogP contribution in [0, 0.1) is 5.92 Å². The number of amides is 1. The fourth-order valence-electron chi connectivity index (χ4n) is 4.30. The van der Waals surface area contributed by atoms with Crippen molar-refractivity contribution in [2.75, 3.05) is 27.3 Å². The van der Waals surface area contributed by atoms with Crippen LogP contribution in [0.15, 0.2) is 24.3 Å². The van der Waals surface area contributed by atoms with Crippen LogP contribution in [0.25, 0.3) is 0 Å². The van der Waals surface area contributed by atoms with Crippen molar-refractivity contribution >= 4 is 11.9 Å². The zero-order valence-electron chi connectivity index (χ0n) is 16.3. The number of hydrogen-bond acceptors (Lipinski definition) is 5. The van der Waals surface area contributed by atoms with Crippen molar-refractivity contribution in [2.45, 2.75) is 50.6 Å². The number of nitrogens with zero attached hydrogens (tertiary/aromatic N) is 1. The second-order valence-electron chi connectivity index (χ2n) is 7.63. The highest BCUT2D eigenvalue weighted by Gasteiger charge is 2.39. The number of benzene rings is 1. The molecular weight excluding hydrogens is 344 g/mol. The molecule has 27 heavy (non-hydrogen) atoms. The summed E-state index contributed by atoms with van der Waals surface area (Å²) in [5.41, 5.74) is 0.594. The number of ether oxygens (including phenoxy) is 2. The van der Waals surface area contributed by atoms with Crippen LogP contribution in [0.1, 0.15) is 48.9 Å². The van der Waals surface area contributed by atoms with Gasteiger partial charge in [-0.25, -0.2) is 0 Å². The van der Waals surface area contributed by atoms with E-state index in [9.17, 15) is 9.59 Å². The lowest BCUT2D eigenvalue weighted by Crippen LogP contribution is -2.41. The lowest BCUT2D eigenvalue weighted by Gasteiger charge is -2.29. The summed E-state index contributed by atoms with van der Waals surface area (Å²) in [6.45, 7) is 1.60. The van der Waals surface area contributed by atoms with Crippen molar-refractivity contribution in [3.63, 3.8) is 0 Å². The molecule has 1 aliphatic heterocycles. The SMILES string of the molecule is COC(=O)[C@@H]1C[C@@H](NC(=O)c2ccc(OC)cc2)CN1CC1CCCCC1. The number of methoxy groups -OCH3 is 2. The lowest BCUT2D eigenvalue weighted by molar-refractivity contribution is -0.146. The van der Waals surface area contributed by atoms with Gasteiger partial charge in [-0.1, -0.05) is 19.3 Å². The van der Waals surface area contributed by atoms with E-state index in [0.29, 0.717) is 24.4 Å². The highest BCUT2D eigenvalue weighted by molar-refractivity contribution is 5.94. The topological polar surface area (TPSA) is 67.9 Å². The van der Waals surface area contributed by atoms with Gasteiger partial charge in [-0.05, 0) is 49.4 Å². The highest BCUT2D eigenvalue weighted by atomic mass is 16.5. The van der Waals surface area contributed by atoms with Crippen molar-refractivity contribution in [1.29, 1.82) is 0 Å². The Kier molecular flexibility index (Phi) is 6.72. The predicted octanol–water partition coefficient (Wildman–Crippen LogP) is 2.62. The molecule has 0 bridgehead atoms. The van der Waals surface area contributed by atoms with Crippen LogP contribution < -0.4 is 10.1 Å². The summed E-state index contributed by atoms with van der Waals surface area (Å²) in [4.78, 5) is 27.0. The van der Waals surface area contributed by atoms with Crippen molar-refractivity contribution in [3.05, 3.63) is 29.8 Å². The molecule has 1 N–H and O–H groups in total. The standard InChI is InChI=1S/C21H30N2O4/c1-26-18-10-8-16(9-11-18)20(24)22-17-12-19(21(25)27-2)23(14-17)13-15-6-4-3-5-7-15/h8-11,15,17,19H,3-7,12-14H2,1-2H3,(H,22,24)/t17-,19+/m1/s1. The van der Waals surface area contributed by atoms with Crippen molar-refractivity contribution in [3.8, 4) is 5.75 Å². The molecule has 3 rings (SSSR count). The summed E-state index contributed by atoms with van der Waals surface area (Å²) in [5, 5.41) is 3.08. The Morgan fingerprint density at radius 2 is 1.81 bits per heavy atom. The Balaban J connectivity index is 1.61. The van der Waals surface area contributed by atoms with Gasteiger partial charge < -0.3 is 14.8 Å². The van der Waals surface area contributed by atoms with Crippen LogP contribution in [0.2, 0.25) is 0 Å². The molecule has 0 spiro atoms. The van der Waals surface area contributed by atoms with E-state index in [2.05, 4.69) is 10.2 Å². The summed E-state index contributed by atoms with van der Waals surface area (Å²) in [6, 6.07) is 6.73. The molecule has 1 heterocycles. The minimum Gasteiger partial charge on any atom is -0.497 e. The van der Waals surface area contributed by atoms with Gasteiger partial charge in [0, 0.05) is 24.7 Å². The molecule has 1 saturated carbocycles. The monoisotopic (exact) mass is 374 g/mol. The quantitative estimate of drug-likeness (QED) is 0.776. The van der Waals surface area contributed by atoms with Crippen molar-refractivity contribution < 1.29 is 19.1 Å². The third-order valence-corrected chi connectivity index (χ3v) is 5.78. The van der Waals surface area contributed by atoms with Crippen LogP contribution in [0.4, 0.5) is 0 Å². The Morgan fingerprint density at radius 1 is 1.11 bits per heavy atom. The van der Waals surface area contributed by atoms with E-state index in [4.69, 9.17) is 9.47 Å². The molecule has 1 amide bonds. The summed E-state index contributed by atoms with van der Waals surface area (Å²) in [6.07, 6.45) is 6.93. The lowest BCUT2D eigenvalue weighted by atomic mass is 9.89. The van der Waals surface area contributed by atoms with Gasteiger partial charge in [0.2, 0.25) is 0 Å². The first kappa shape index (κ1) is 19.7. The molecular formula is C21H30N2O4. The Morgan fingerprint density at radius 3 is 2.44 bits per heavy atom. The number of carbonyl (C=O) groups is 2. The molecule has 2 fully saturated rings. The maximum Gasteiger partial charge on any atom is 0.323 e. The second kappa shape index (κ2) is 9.22. The smallest absolute Gasteiger partial charge is 0.323 e. The van der Waals surface area contributed by atoms with Crippen LogP contribution in [-0.4, -0.2) is 56.2 Å². The molecule has 1 aliphatic carbocycles. The Bertz CT molecular complexity index is 640. The van der Waals surface area contributed by atoms with Gasteiger partial charge in [0.25, 0.3) is 5.91 Å². The van der Waals surface area contributed by atoms with Gasteiger partial charge in [-0.3, -0.25) is 14.5 Å². The van der Waals surface area contributed by atoms with E-state index in [1.165, 1.54) is 39.2 Å². The first-order valence-corrected chi connectivity index (χ1v) is 9.87. The van der Waals surface area contributed by atoms with Crippen molar-refractivity contribution in [2.24, 2.45) is 5.92 Å². The molecule has 0 aromatic heterocycles. The largest absolute Gasteiger partial charge is 0.497 e. The molecule has 6 heteroatoms. The summed E-state index contributed by atoms with van der Waals surface area (Å²) >= 11 is 0. The average Bonchev–Trinajstić information content (AvgIpc) is 3.10. The summed E-state index contributed by atoms with van der Waals surface area (Å²) in [5.74, 6) is 1.04. The first-order chi connectivity index (χ1) is 13.1. The number of likely N-dealkylation sites (tertiary alicyclic amines) is 1. The molecule has 0 unspecified atom stereocenters. The fraction of sp³-hybridized carbons (Fsp3) is 0.619. The van der Waals surface area contributed by atoms with E-state index in [1.807, 2.05) is 0 Å².